The number of amides is 1. The van der Waals surface area contributed by atoms with Gasteiger partial charge in [-0.05, 0) is 31.2 Å². The number of benzene rings is 1. The van der Waals surface area contributed by atoms with Crippen LogP contribution in [0.2, 0.25) is 0 Å². The highest BCUT2D eigenvalue weighted by Crippen LogP contribution is 2.04. The smallest absolute Gasteiger partial charge is 0.328 e. The number of aliphatic carboxylic acids is 1. The van der Waals surface area contributed by atoms with E-state index in [9.17, 15) is 14.0 Å². The molecule has 0 aliphatic heterocycles. The molecule has 0 fully saturated rings. The molecule has 0 saturated heterocycles. The Hall–Kier alpha value is -1.95. The van der Waals surface area contributed by atoms with Gasteiger partial charge in [0.25, 0.3) is 5.91 Å². The van der Waals surface area contributed by atoms with Crippen molar-refractivity contribution in [3.63, 3.8) is 0 Å². The standard InChI is InChI=1S/C11H12FNO4/c1-6(14)9(11(16)17)13-10(15)7-2-4-8(12)5-3-7/h2-6,9,14H,1H3,(H,13,15)(H,16,17)/t6-,9+/m1/s1. The first kappa shape index (κ1) is 13.1. The molecule has 0 radical (unpaired) electrons. The van der Waals surface area contributed by atoms with Crippen molar-refractivity contribution >= 4 is 11.9 Å². The number of aliphatic hydroxyl groups is 1. The monoisotopic (exact) mass is 241 g/mol. The van der Waals surface area contributed by atoms with Crippen molar-refractivity contribution in [2.24, 2.45) is 0 Å². The number of carbonyl (C=O) groups excluding carboxylic acids is 1. The van der Waals surface area contributed by atoms with E-state index < -0.39 is 29.8 Å². The van der Waals surface area contributed by atoms with Gasteiger partial charge in [-0.1, -0.05) is 0 Å². The molecule has 0 bridgehead atoms. The quantitative estimate of drug-likeness (QED) is 0.711. The molecule has 0 aliphatic carbocycles. The third kappa shape index (κ3) is 3.53. The molecule has 0 saturated carbocycles. The predicted octanol–water partition coefficient (Wildman–Crippen LogP) is 0.389. The van der Waals surface area contributed by atoms with Crippen LogP contribution in [-0.2, 0) is 4.79 Å². The Morgan fingerprint density at radius 1 is 1.29 bits per heavy atom. The van der Waals surface area contributed by atoms with Crippen molar-refractivity contribution in [2.75, 3.05) is 0 Å². The normalized spacial score (nSPS) is 13.8. The fraction of sp³-hybridized carbons (Fsp3) is 0.273. The second-order valence-corrected chi connectivity index (χ2v) is 3.54. The van der Waals surface area contributed by atoms with E-state index in [1.165, 1.54) is 19.1 Å². The van der Waals surface area contributed by atoms with E-state index in [0.717, 1.165) is 12.1 Å². The van der Waals surface area contributed by atoms with Crippen LogP contribution in [0, 0.1) is 5.82 Å². The predicted molar refractivity (Wildman–Crippen MR) is 57.0 cm³/mol. The van der Waals surface area contributed by atoms with Crippen molar-refractivity contribution in [2.45, 2.75) is 19.1 Å². The fourth-order valence-electron chi connectivity index (χ4n) is 1.21. The van der Waals surface area contributed by atoms with Gasteiger partial charge in [-0.25, -0.2) is 9.18 Å². The molecule has 0 spiro atoms. The van der Waals surface area contributed by atoms with Crippen LogP contribution in [0.25, 0.3) is 0 Å². The van der Waals surface area contributed by atoms with Crippen LogP contribution in [0.3, 0.4) is 0 Å². The maximum Gasteiger partial charge on any atom is 0.328 e. The summed E-state index contributed by atoms with van der Waals surface area (Å²) in [6.07, 6.45) is -1.23. The van der Waals surface area contributed by atoms with Crippen molar-refractivity contribution < 1.29 is 24.2 Å². The van der Waals surface area contributed by atoms with Gasteiger partial charge in [-0.15, -0.1) is 0 Å². The van der Waals surface area contributed by atoms with Crippen LogP contribution in [0.15, 0.2) is 24.3 Å². The second kappa shape index (κ2) is 5.40. The zero-order chi connectivity index (χ0) is 13.0. The number of rotatable bonds is 4. The van der Waals surface area contributed by atoms with Gasteiger partial charge in [-0.3, -0.25) is 4.79 Å². The lowest BCUT2D eigenvalue weighted by Gasteiger charge is -2.16. The minimum absolute atomic E-state index is 0.123. The van der Waals surface area contributed by atoms with Crippen LogP contribution in [0.4, 0.5) is 4.39 Å². The highest BCUT2D eigenvalue weighted by molar-refractivity contribution is 5.96. The van der Waals surface area contributed by atoms with Crippen LogP contribution in [0.5, 0.6) is 0 Å². The van der Waals surface area contributed by atoms with Crippen LogP contribution in [-0.4, -0.2) is 34.2 Å². The average molecular weight is 241 g/mol. The number of carboxylic acids is 1. The Morgan fingerprint density at radius 3 is 2.24 bits per heavy atom. The first-order valence-corrected chi connectivity index (χ1v) is 4.89. The highest BCUT2D eigenvalue weighted by atomic mass is 19.1. The van der Waals surface area contributed by atoms with E-state index in [-0.39, 0.29) is 5.56 Å². The average Bonchev–Trinajstić information content (AvgIpc) is 2.25. The van der Waals surface area contributed by atoms with Gasteiger partial charge >= 0.3 is 5.97 Å². The van der Waals surface area contributed by atoms with Crippen molar-refractivity contribution in [3.8, 4) is 0 Å². The van der Waals surface area contributed by atoms with Gasteiger partial charge in [-0.2, -0.15) is 0 Å². The maximum atomic E-state index is 12.6. The molecule has 6 heteroatoms. The Bertz CT molecular complexity index is 416. The summed E-state index contributed by atoms with van der Waals surface area (Å²) in [5.41, 5.74) is 0.123. The van der Waals surface area contributed by atoms with Crippen LogP contribution in [0.1, 0.15) is 17.3 Å². The first-order valence-electron chi connectivity index (χ1n) is 4.89. The third-order valence-electron chi connectivity index (χ3n) is 2.14. The number of nitrogens with one attached hydrogen (secondary N) is 1. The lowest BCUT2D eigenvalue weighted by Crippen LogP contribution is -2.47. The van der Waals surface area contributed by atoms with Crippen LogP contribution < -0.4 is 5.32 Å². The number of carboxylic acid groups (broad SMARTS) is 1. The minimum Gasteiger partial charge on any atom is -0.480 e. The van der Waals surface area contributed by atoms with Gasteiger partial charge in [0.15, 0.2) is 6.04 Å². The zero-order valence-electron chi connectivity index (χ0n) is 9.05. The summed E-state index contributed by atoms with van der Waals surface area (Å²) < 4.78 is 12.6. The zero-order valence-corrected chi connectivity index (χ0v) is 9.05. The number of halogens is 1. The molecule has 1 rings (SSSR count). The van der Waals surface area contributed by atoms with E-state index in [0.29, 0.717) is 0 Å². The SMILES string of the molecule is C[C@@H](O)[C@H](NC(=O)c1ccc(F)cc1)C(=O)O. The third-order valence-corrected chi connectivity index (χ3v) is 2.14. The Balaban J connectivity index is 2.77. The lowest BCUT2D eigenvalue weighted by molar-refractivity contribution is -0.141. The maximum absolute atomic E-state index is 12.6. The van der Waals surface area contributed by atoms with E-state index in [1.54, 1.807) is 0 Å². The molecule has 2 atom stereocenters. The summed E-state index contributed by atoms with van der Waals surface area (Å²) >= 11 is 0. The number of hydrogen-bond acceptors (Lipinski definition) is 3. The summed E-state index contributed by atoms with van der Waals surface area (Å²) in [6.45, 7) is 1.25. The number of aliphatic hydroxyl groups excluding tert-OH is 1. The van der Waals surface area contributed by atoms with E-state index in [4.69, 9.17) is 10.2 Å². The summed E-state index contributed by atoms with van der Waals surface area (Å²) in [6, 6.07) is 3.24. The molecular weight excluding hydrogens is 229 g/mol. The molecule has 92 valence electrons. The Labute approximate surface area is 96.9 Å². The van der Waals surface area contributed by atoms with Gasteiger partial charge < -0.3 is 15.5 Å². The molecule has 17 heavy (non-hydrogen) atoms. The molecule has 0 unspecified atom stereocenters. The fourth-order valence-corrected chi connectivity index (χ4v) is 1.21. The summed E-state index contributed by atoms with van der Waals surface area (Å²) in [4.78, 5) is 22.3. The molecule has 0 aromatic heterocycles. The largest absolute Gasteiger partial charge is 0.480 e. The minimum atomic E-state index is -1.40. The van der Waals surface area contributed by atoms with Crippen molar-refractivity contribution in [1.82, 2.24) is 5.32 Å². The van der Waals surface area contributed by atoms with Crippen molar-refractivity contribution in [1.29, 1.82) is 0 Å². The molecule has 3 N–H and O–H groups in total. The van der Waals surface area contributed by atoms with Gasteiger partial charge in [0.1, 0.15) is 5.82 Å². The lowest BCUT2D eigenvalue weighted by atomic mass is 10.1. The second-order valence-electron chi connectivity index (χ2n) is 3.54. The van der Waals surface area contributed by atoms with E-state index >= 15 is 0 Å². The molecule has 5 nitrogen and oxygen atoms in total. The van der Waals surface area contributed by atoms with E-state index in [2.05, 4.69) is 5.32 Å². The van der Waals surface area contributed by atoms with E-state index in [1.807, 2.05) is 0 Å². The number of carbonyl (C=O) groups is 2. The first-order chi connectivity index (χ1) is 7.91. The highest BCUT2D eigenvalue weighted by Gasteiger charge is 2.25. The van der Waals surface area contributed by atoms with Crippen LogP contribution >= 0.6 is 0 Å². The van der Waals surface area contributed by atoms with Crippen molar-refractivity contribution in [3.05, 3.63) is 35.6 Å². The topological polar surface area (TPSA) is 86.6 Å². The van der Waals surface area contributed by atoms with Gasteiger partial charge in [0.2, 0.25) is 0 Å². The number of hydrogen-bond donors (Lipinski definition) is 3. The molecule has 1 amide bonds. The molecular formula is C11H12FNO4. The molecule has 0 aliphatic rings. The summed E-state index contributed by atoms with van der Waals surface area (Å²) in [5, 5.41) is 20.1. The Morgan fingerprint density at radius 2 is 1.82 bits per heavy atom. The summed E-state index contributed by atoms with van der Waals surface area (Å²) in [7, 11) is 0. The Kier molecular flexibility index (Phi) is 4.17. The molecule has 0 heterocycles. The summed E-state index contributed by atoms with van der Waals surface area (Å²) in [5.74, 6) is -2.51. The van der Waals surface area contributed by atoms with Gasteiger partial charge in [0.05, 0.1) is 6.10 Å². The van der Waals surface area contributed by atoms with Gasteiger partial charge in [0, 0.05) is 5.56 Å². The molecule has 1 aromatic rings. The molecule has 1 aromatic carbocycles.